The largest absolute Gasteiger partial charge is 0.326 e. The summed E-state index contributed by atoms with van der Waals surface area (Å²) >= 11 is 1.41. The minimum atomic E-state index is -3.41. The van der Waals surface area contributed by atoms with Gasteiger partial charge >= 0.3 is 0 Å². The van der Waals surface area contributed by atoms with Crippen LogP contribution in [0.25, 0.3) is 0 Å². The Morgan fingerprint density at radius 3 is 2.55 bits per heavy atom. The van der Waals surface area contributed by atoms with Crippen LogP contribution in [0.4, 0.5) is 0 Å². The molecule has 4 nitrogen and oxygen atoms in total. The Balaban J connectivity index is 2.18. The van der Waals surface area contributed by atoms with Crippen LogP contribution >= 0.6 is 11.3 Å². The SMILES string of the molecule is CN(C1CCC(C)(C)CC1)S(=O)(=O)c1ccsc1CN. The van der Waals surface area contributed by atoms with E-state index < -0.39 is 10.0 Å². The van der Waals surface area contributed by atoms with E-state index in [0.29, 0.717) is 10.3 Å². The molecular weight excluding hydrogens is 292 g/mol. The van der Waals surface area contributed by atoms with E-state index >= 15 is 0 Å². The summed E-state index contributed by atoms with van der Waals surface area (Å²) < 4.78 is 27.0. The molecule has 0 saturated heterocycles. The predicted molar refractivity (Wildman–Crippen MR) is 83.2 cm³/mol. The minimum Gasteiger partial charge on any atom is -0.326 e. The summed E-state index contributed by atoms with van der Waals surface area (Å²) in [6.45, 7) is 4.78. The molecule has 1 aromatic rings. The normalized spacial score (nSPS) is 20.4. The molecule has 1 aliphatic carbocycles. The van der Waals surface area contributed by atoms with Crippen molar-refractivity contribution in [1.29, 1.82) is 0 Å². The Hall–Kier alpha value is -0.430. The van der Waals surface area contributed by atoms with Gasteiger partial charge in [-0.05, 0) is 42.5 Å². The van der Waals surface area contributed by atoms with Crippen molar-refractivity contribution in [1.82, 2.24) is 4.31 Å². The highest BCUT2D eigenvalue weighted by atomic mass is 32.2. The van der Waals surface area contributed by atoms with Crippen molar-refractivity contribution in [2.45, 2.75) is 57.0 Å². The maximum atomic E-state index is 12.7. The van der Waals surface area contributed by atoms with Crippen LogP contribution < -0.4 is 5.73 Å². The quantitative estimate of drug-likeness (QED) is 0.929. The van der Waals surface area contributed by atoms with Gasteiger partial charge in [0.2, 0.25) is 10.0 Å². The van der Waals surface area contributed by atoms with Crippen molar-refractivity contribution in [3.63, 3.8) is 0 Å². The van der Waals surface area contributed by atoms with Gasteiger partial charge in [0, 0.05) is 24.5 Å². The second kappa shape index (κ2) is 5.75. The van der Waals surface area contributed by atoms with E-state index in [0.717, 1.165) is 30.6 Å². The Bertz CT molecular complexity index is 553. The highest BCUT2D eigenvalue weighted by molar-refractivity contribution is 7.89. The Labute approximate surface area is 126 Å². The molecule has 0 aliphatic heterocycles. The van der Waals surface area contributed by atoms with Gasteiger partial charge < -0.3 is 5.73 Å². The fraction of sp³-hybridized carbons (Fsp3) is 0.714. The molecule has 1 fully saturated rings. The molecule has 114 valence electrons. The van der Waals surface area contributed by atoms with Crippen molar-refractivity contribution in [3.05, 3.63) is 16.3 Å². The highest BCUT2D eigenvalue weighted by Gasteiger charge is 2.35. The van der Waals surface area contributed by atoms with Crippen LogP contribution in [0.2, 0.25) is 0 Å². The van der Waals surface area contributed by atoms with Gasteiger partial charge in [0.15, 0.2) is 0 Å². The molecule has 1 aliphatic rings. The maximum absolute atomic E-state index is 12.7. The first-order valence-corrected chi connectivity index (χ1v) is 9.34. The van der Waals surface area contributed by atoms with Crippen LogP contribution in [0.15, 0.2) is 16.3 Å². The van der Waals surface area contributed by atoms with Crippen molar-refractivity contribution in [2.24, 2.45) is 11.1 Å². The van der Waals surface area contributed by atoms with Gasteiger partial charge in [-0.3, -0.25) is 0 Å². The van der Waals surface area contributed by atoms with Gasteiger partial charge in [-0.25, -0.2) is 8.42 Å². The molecule has 0 amide bonds. The zero-order chi connectivity index (χ0) is 15.0. The van der Waals surface area contributed by atoms with Crippen LogP contribution in [0.3, 0.4) is 0 Å². The summed E-state index contributed by atoms with van der Waals surface area (Å²) in [5.74, 6) is 0. The number of hydrogen-bond donors (Lipinski definition) is 1. The zero-order valence-corrected chi connectivity index (χ0v) is 14.1. The predicted octanol–water partition coefficient (Wildman–Crippen LogP) is 2.80. The molecule has 0 bridgehead atoms. The van der Waals surface area contributed by atoms with Crippen LogP contribution in [-0.4, -0.2) is 25.8 Å². The average Bonchev–Trinajstić information content (AvgIpc) is 2.87. The number of rotatable bonds is 4. The molecule has 20 heavy (non-hydrogen) atoms. The second-order valence-electron chi connectivity index (χ2n) is 6.33. The fourth-order valence-corrected chi connectivity index (χ4v) is 5.53. The number of nitrogens with zero attached hydrogens (tertiary/aromatic N) is 1. The van der Waals surface area contributed by atoms with E-state index in [9.17, 15) is 8.42 Å². The maximum Gasteiger partial charge on any atom is 0.244 e. The number of nitrogens with two attached hydrogens (primary N) is 1. The molecule has 1 heterocycles. The van der Waals surface area contributed by atoms with Crippen LogP contribution in [0.5, 0.6) is 0 Å². The third-order valence-electron chi connectivity index (χ3n) is 4.37. The van der Waals surface area contributed by atoms with Crippen molar-refractivity contribution in [3.8, 4) is 0 Å². The van der Waals surface area contributed by atoms with Crippen molar-refractivity contribution < 1.29 is 8.42 Å². The van der Waals surface area contributed by atoms with Crippen LogP contribution in [-0.2, 0) is 16.6 Å². The number of sulfonamides is 1. The van der Waals surface area contributed by atoms with Crippen molar-refractivity contribution >= 4 is 21.4 Å². The topological polar surface area (TPSA) is 63.4 Å². The van der Waals surface area contributed by atoms with E-state index in [4.69, 9.17) is 5.73 Å². The van der Waals surface area contributed by atoms with Gasteiger partial charge in [-0.15, -0.1) is 11.3 Å². The Morgan fingerprint density at radius 2 is 2.00 bits per heavy atom. The summed E-state index contributed by atoms with van der Waals surface area (Å²) in [6, 6.07) is 1.78. The van der Waals surface area contributed by atoms with Crippen LogP contribution in [0, 0.1) is 5.41 Å². The molecule has 2 N–H and O–H groups in total. The molecule has 0 radical (unpaired) electrons. The lowest BCUT2D eigenvalue weighted by molar-refractivity contribution is 0.174. The number of thiophene rings is 1. The van der Waals surface area contributed by atoms with Gasteiger partial charge in [-0.1, -0.05) is 13.8 Å². The van der Waals surface area contributed by atoms with Gasteiger partial charge in [0.25, 0.3) is 0 Å². The standard InChI is InChI=1S/C14H24N2O2S2/c1-14(2)7-4-11(5-8-14)16(3)20(17,18)13-6-9-19-12(13)10-15/h6,9,11H,4-5,7-8,10,15H2,1-3H3. The third-order valence-corrected chi connectivity index (χ3v) is 7.44. The lowest BCUT2D eigenvalue weighted by atomic mass is 9.76. The van der Waals surface area contributed by atoms with E-state index in [2.05, 4.69) is 13.8 Å². The second-order valence-corrected chi connectivity index (χ2v) is 9.30. The Morgan fingerprint density at radius 1 is 1.40 bits per heavy atom. The first kappa shape index (κ1) is 15.9. The molecule has 6 heteroatoms. The van der Waals surface area contributed by atoms with Crippen LogP contribution in [0.1, 0.15) is 44.4 Å². The Kier molecular flexibility index (Phi) is 4.59. The molecule has 2 rings (SSSR count). The molecule has 0 unspecified atom stereocenters. The average molecular weight is 316 g/mol. The minimum absolute atomic E-state index is 0.110. The first-order valence-electron chi connectivity index (χ1n) is 7.02. The summed E-state index contributed by atoms with van der Waals surface area (Å²) in [7, 11) is -1.71. The van der Waals surface area contributed by atoms with Gasteiger partial charge in [-0.2, -0.15) is 4.31 Å². The summed E-state index contributed by atoms with van der Waals surface area (Å²) in [5.41, 5.74) is 5.97. The monoisotopic (exact) mass is 316 g/mol. The molecule has 0 spiro atoms. The zero-order valence-electron chi connectivity index (χ0n) is 12.4. The lowest BCUT2D eigenvalue weighted by Gasteiger charge is -2.38. The molecule has 0 atom stereocenters. The van der Waals surface area contributed by atoms with E-state index in [1.165, 1.54) is 11.3 Å². The summed E-state index contributed by atoms with van der Waals surface area (Å²) in [6.07, 6.45) is 4.02. The van der Waals surface area contributed by atoms with E-state index in [1.54, 1.807) is 22.8 Å². The molecule has 0 aromatic carbocycles. The fourth-order valence-electron chi connectivity index (χ4n) is 2.81. The molecular formula is C14H24N2O2S2. The van der Waals surface area contributed by atoms with Gasteiger partial charge in [0.1, 0.15) is 0 Å². The highest BCUT2D eigenvalue weighted by Crippen LogP contribution is 2.38. The third kappa shape index (κ3) is 3.08. The molecule has 1 aromatic heterocycles. The van der Waals surface area contributed by atoms with Gasteiger partial charge in [0.05, 0.1) is 4.90 Å². The van der Waals surface area contributed by atoms with E-state index in [1.807, 2.05) is 0 Å². The lowest BCUT2D eigenvalue weighted by Crippen LogP contribution is -2.41. The van der Waals surface area contributed by atoms with Crippen molar-refractivity contribution in [2.75, 3.05) is 7.05 Å². The summed E-state index contributed by atoms with van der Waals surface area (Å²) in [4.78, 5) is 1.13. The summed E-state index contributed by atoms with van der Waals surface area (Å²) in [5, 5.41) is 1.80. The molecule has 1 saturated carbocycles. The number of hydrogen-bond acceptors (Lipinski definition) is 4. The smallest absolute Gasteiger partial charge is 0.244 e. The van der Waals surface area contributed by atoms with E-state index in [-0.39, 0.29) is 12.6 Å². The first-order chi connectivity index (χ1) is 9.28.